The first-order chi connectivity index (χ1) is 11.6. The highest BCUT2D eigenvalue weighted by molar-refractivity contribution is 5.10. The van der Waals surface area contributed by atoms with Crippen LogP contribution in [0.15, 0.2) is 24.5 Å². The minimum Gasteiger partial charge on any atom is -0.306 e. The molecule has 1 aliphatic rings. The summed E-state index contributed by atoms with van der Waals surface area (Å²) >= 11 is 0. The van der Waals surface area contributed by atoms with Gasteiger partial charge in [0.15, 0.2) is 0 Å². The van der Waals surface area contributed by atoms with E-state index in [1.807, 2.05) is 28.8 Å². The van der Waals surface area contributed by atoms with Crippen molar-refractivity contribution < 1.29 is 0 Å². The lowest BCUT2D eigenvalue weighted by molar-refractivity contribution is 0.0891. The van der Waals surface area contributed by atoms with E-state index in [0.29, 0.717) is 12.0 Å². The average molecular weight is 330 g/mol. The summed E-state index contributed by atoms with van der Waals surface area (Å²) in [5.74, 6) is 0.649. The van der Waals surface area contributed by atoms with E-state index in [1.165, 1.54) is 30.8 Å². The lowest BCUT2D eigenvalue weighted by Crippen LogP contribution is -2.42. The van der Waals surface area contributed by atoms with Crippen molar-refractivity contribution in [2.24, 2.45) is 20.0 Å². The fraction of sp³-hybridized carbons (Fsp3) is 0.667. The van der Waals surface area contributed by atoms with Crippen molar-refractivity contribution in [2.75, 3.05) is 33.7 Å². The number of aryl methyl sites for hydroxylation is 2. The third-order valence-corrected chi connectivity index (χ3v) is 5.39. The second-order valence-electron chi connectivity index (χ2n) is 7.17. The predicted octanol–water partition coefficient (Wildman–Crippen LogP) is 1.71. The van der Waals surface area contributed by atoms with Gasteiger partial charge in [0, 0.05) is 51.7 Å². The molecule has 0 aromatic carbocycles. The summed E-state index contributed by atoms with van der Waals surface area (Å²) in [6.45, 7) is 3.36. The number of likely N-dealkylation sites (tertiary alicyclic amines) is 1. The summed E-state index contributed by atoms with van der Waals surface area (Å²) in [5.41, 5.74) is 2.63. The fourth-order valence-electron chi connectivity index (χ4n) is 4.04. The number of nitrogens with zero attached hydrogens (tertiary/aromatic N) is 6. The van der Waals surface area contributed by atoms with Crippen molar-refractivity contribution in [3.63, 3.8) is 0 Å². The van der Waals surface area contributed by atoms with E-state index in [9.17, 15) is 0 Å². The number of hydrogen-bond donors (Lipinski definition) is 0. The smallest absolute Gasteiger partial charge is 0.0555 e. The Balaban J connectivity index is 1.63. The van der Waals surface area contributed by atoms with Crippen molar-refractivity contribution in [3.8, 4) is 0 Å². The van der Waals surface area contributed by atoms with E-state index in [4.69, 9.17) is 0 Å². The molecular weight excluding hydrogens is 300 g/mol. The summed E-state index contributed by atoms with van der Waals surface area (Å²) in [4.78, 5) is 4.97. The van der Waals surface area contributed by atoms with Gasteiger partial charge in [0.05, 0.1) is 11.7 Å². The number of likely N-dealkylation sites (N-methyl/N-ethyl adjacent to an activating group) is 1. The Bertz CT molecular complexity index is 645. The predicted molar refractivity (Wildman–Crippen MR) is 95.7 cm³/mol. The molecule has 2 aromatic heterocycles. The number of hydrogen-bond acceptors (Lipinski definition) is 4. The Hall–Kier alpha value is -1.66. The van der Waals surface area contributed by atoms with E-state index in [0.717, 1.165) is 19.5 Å². The molecule has 0 bridgehead atoms. The van der Waals surface area contributed by atoms with Crippen molar-refractivity contribution in [3.05, 3.63) is 35.9 Å². The summed E-state index contributed by atoms with van der Waals surface area (Å²) in [5, 5.41) is 8.64. The average Bonchev–Trinajstić information content (AvgIpc) is 3.14. The Kier molecular flexibility index (Phi) is 5.36. The van der Waals surface area contributed by atoms with E-state index in [2.05, 4.69) is 53.3 Å². The zero-order valence-corrected chi connectivity index (χ0v) is 15.4. The molecule has 3 heterocycles. The quantitative estimate of drug-likeness (QED) is 0.809. The molecule has 0 N–H and O–H groups in total. The van der Waals surface area contributed by atoms with Crippen LogP contribution in [-0.2, 0) is 20.5 Å². The third-order valence-electron chi connectivity index (χ3n) is 5.39. The first kappa shape index (κ1) is 17.2. The van der Waals surface area contributed by atoms with E-state index in [1.54, 1.807) is 0 Å². The topological polar surface area (TPSA) is 42.1 Å². The van der Waals surface area contributed by atoms with Crippen LogP contribution in [0.5, 0.6) is 0 Å². The molecule has 6 heteroatoms. The normalized spacial score (nSPS) is 22.4. The van der Waals surface area contributed by atoms with Gasteiger partial charge in [-0.2, -0.15) is 10.2 Å². The van der Waals surface area contributed by atoms with Gasteiger partial charge in [0.1, 0.15) is 0 Å². The van der Waals surface area contributed by atoms with Gasteiger partial charge >= 0.3 is 0 Å². The number of aromatic nitrogens is 4. The van der Waals surface area contributed by atoms with Crippen LogP contribution in [0, 0.1) is 5.92 Å². The van der Waals surface area contributed by atoms with Crippen molar-refractivity contribution in [1.29, 1.82) is 0 Å². The number of piperidine rings is 1. The molecule has 24 heavy (non-hydrogen) atoms. The molecule has 0 unspecified atom stereocenters. The second-order valence-corrected chi connectivity index (χ2v) is 7.17. The molecule has 0 spiro atoms. The van der Waals surface area contributed by atoms with Gasteiger partial charge < -0.3 is 4.90 Å². The first-order valence-corrected chi connectivity index (χ1v) is 8.90. The van der Waals surface area contributed by atoms with Gasteiger partial charge in [-0.05, 0) is 51.5 Å². The second kappa shape index (κ2) is 7.49. The minimum absolute atomic E-state index is 0.463. The first-order valence-electron chi connectivity index (χ1n) is 8.90. The largest absolute Gasteiger partial charge is 0.306 e. The molecule has 2 atom stereocenters. The maximum absolute atomic E-state index is 4.39. The summed E-state index contributed by atoms with van der Waals surface area (Å²) in [7, 11) is 8.57. The highest BCUT2D eigenvalue weighted by atomic mass is 15.3. The zero-order chi connectivity index (χ0) is 17.1. The monoisotopic (exact) mass is 330 g/mol. The van der Waals surface area contributed by atoms with Gasteiger partial charge in [-0.25, -0.2) is 0 Å². The highest BCUT2D eigenvalue weighted by Crippen LogP contribution is 2.35. The summed E-state index contributed by atoms with van der Waals surface area (Å²) < 4.78 is 4.01. The Morgan fingerprint density at radius 2 is 1.88 bits per heavy atom. The van der Waals surface area contributed by atoms with Crippen molar-refractivity contribution >= 4 is 0 Å². The van der Waals surface area contributed by atoms with Crippen LogP contribution >= 0.6 is 0 Å². The lowest BCUT2D eigenvalue weighted by atomic mass is 9.87. The van der Waals surface area contributed by atoms with Gasteiger partial charge in [0.25, 0.3) is 0 Å². The zero-order valence-electron chi connectivity index (χ0n) is 15.4. The Labute approximate surface area is 145 Å². The molecule has 1 aliphatic heterocycles. The third kappa shape index (κ3) is 3.70. The molecule has 1 saturated heterocycles. The molecular formula is C18H30N6. The molecule has 3 rings (SSSR count). The molecule has 0 radical (unpaired) electrons. The molecule has 0 amide bonds. The van der Waals surface area contributed by atoms with Crippen molar-refractivity contribution in [1.82, 2.24) is 29.4 Å². The standard InChI is InChI=1S/C18H30N6/c1-21(13-9-16-7-10-19-23(16)3)14-15-6-5-12-22(2)18(15)17-8-11-20-24(17)4/h7-8,10-11,15,18H,5-6,9,12-14H2,1-4H3/t15-,18+/m0/s1. The molecule has 132 valence electrons. The number of rotatable bonds is 6. The van der Waals surface area contributed by atoms with Gasteiger partial charge in [-0.15, -0.1) is 0 Å². The van der Waals surface area contributed by atoms with Gasteiger partial charge in [-0.3, -0.25) is 14.3 Å². The van der Waals surface area contributed by atoms with Gasteiger partial charge in [-0.1, -0.05) is 0 Å². The van der Waals surface area contributed by atoms with E-state index < -0.39 is 0 Å². The van der Waals surface area contributed by atoms with Crippen LogP contribution in [-0.4, -0.2) is 63.1 Å². The minimum atomic E-state index is 0.463. The maximum atomic E-state index is 4.39. The molecule has 6 nitrogen and oxygen atoms in total. The van der Waals surface area contributed by atoms with Crippen LogP contribution in [0.1, 0.15) is 30.3 Å². The maximum Gasteiger partial charge on any atom is 0.0555 e. The summed E-state index contributed by atoms with van der Waals surface area (Å²) in [6.07, 6.45) is 7.41. The Morgan fingerprint density at radius 1 is 1.12 bits per heavy atom. The molecule has 1 fully saturated rings. The summed E-state index contributed by atoms with van der Waals surface area (Å²) in [6, 6.07) is 4.75. The molecule has 2 aromatic rings. The molecule has 0 saturated carbocycles. The van der Waals surface area contributed by atoms with Crippen molar-refractivity contribution in [2.45, 2.75) is 25.3 Å². The molecule has 0 aliphatic carbocycles. The highest BCUT2D eigenvalue weighted by Gasteiger charge is 2.32. The van der Waals surface area contributed by atoms with Crippen LogP contribution in [0.4, 0.5) is 0 Å². The van der Waals surface area contributed by atoms with Crippen LogP contribution in [0.3, 0.4) is 0 Å². The van der Waals surface area contributed by atoms with Crippen LogP contribution in [0.2, 0.25) is 0 Å². The fourth-order valence-corrected chi connectivity index (χ4v) is 4.04. The Morgan fingerprint density at radius 3 is 2.54 bits per heavy atom. The van der Waals surface area contributed by atoms with E-state index in [-0.39, 0.29) is 0 Å². The SMILES string of the molecule is CN(CCc1ccnn1C)C[C@@H]1CCCN(C)[C@H]1c1ccnn1C. The van der Waals surface area contributed by atoms with Gasteiger partial charge in [0.2, 0.25) is 0 Å². The van der Waals surface area contributed by atoms with Crippen LogP contribution in [0.25, 0.3) is 0 Å². The van der Waals surface area contributed by atoms with Crippen LogP contribution < -0.4 is 0 Å². The van der Waals surface area contributed by atoms with E-state index >= 15 is 0 Å². The lowest BCUT2D eigenvalue weighted by Gasteiger charge is -2.40.